The highest BCUT2D eigenvalue weighted by molar-refractivity contribution is 8.04. The number of carbonyl (C=O) groups excluding carboxylic acids is 1. The third-order valence-electron chi connectivity index (χ3n) is 4.70. The molecule has 146 valence electrons. The van der Waals surface area contributed by atoms with Crippen molar-refractivity contribution in [2.75, 3.05) is 40.0 Å². The van der Waals surface area contributed by atoms with E-state index in [1.807, 2.05) is 53.7 Å². The minimum absolute atomic E-state index is 0.251. The molecule has 1 aliphatic rings. The normalized spacial score (nSPS) is 20.3. The van der Waals surface area contributed by atoms with Gasteiger partial charge in [0.25, 0.3) is 0 Å². The number of benzene rings is 1. The number of amides is 1. The number of rotatable bonds is 9. The molecule has 2 unspecified atom stereocenters. The predicted molar refractivity (Wildman–Crippen MR) is 117 cm³/mol. The summed E-state index contributed by atoms with van der Waals surface area (Å²) in [5, 5.41) is 1.91. The first-order chi connectivity index (χ1) is 12.5. The van der Waals surface area contributed by atoms with Crippen LogP contribution < -0.4 is 0 Å². The summed E-state index contributed by atoms with van der Waals surface area (Å²) in [7, 11) is 6.06. The molecule has 0 heterocycles. The van der Waals surface area contributed by atoms with Crippen LogP contribution in [0.4, 0.5) is 0 Å². The van der Waals surface area contributed by atoms with Crippen LogP contribution >= 0.6 is 35.1 Å². The van der Waals surface area contributed by atoms with Crippen molar-refractivity contribution in [3.8, 4) is 0 Å². The lowest BCUT2D eigenvalue weighted by Gasteiger charge is -2.31. The molecule has 1 amide bonds. The molecular weight excluding hydrogens is 384 g/mol. The fourth-order valence-corrected chi connectivity index (χ4v) is 6.30. The Morgan fingerprint density at radius 1 is 1.12 bits per heavy atom. The molecule has 0 N–H and O–H groups in total. The van der Waals surface area contributed by atoms with Crippen LogP contribution in [0.3, 0.4) is 0 Å². The van der Waals surface area contributed by atoms with Gasteiger partial charge in [0.2, 0.25) is 5.91 Å². The van der Waals surface area contributed by atoms with Crippen LogP contribution in [0, 0.1) is 0 Å². The van der Waals surface area contributed by atoms with Crippen molar-refractivity contribution >= 4 is 41.0 Å². The maximum Gasteiger partial charge on any atom is 0.232 e. The Morgan fingerprint density at radius 2 is 1.81 bits per heavy atom. The van der Waals surface area contributed by atoms with E-state index < -0.39 is 0 Å². The van der Waals surface area contributed by atoms with E-state index in [9.17, 15) is 4.79 Å². The van der Waals surface area contributed by atoms with Gasteiger partial charge in [0.05, 0.1) is 10.8 Å². The zero-order chi connectivity index (χ0) is 18.9. The van der Waals surface area contributed by atoms with E-state index in [0.717, 1.165) is 24.5 Å². The van der Waals surface area contributed by atoms with Gasteiger partial charge in [0.15, 0.2) is 0 Å². The van der Waals surface area contributed by atoms with E-state index in [4.69, 9.17) is 11.6 Å². The van der Waals surface area contributed by atoms with Crippen molar-refractivity contribution in [3.63, 3.8) is 0 Å². The average molecular weight is 415 g/mol. The van der Waals surface area contributed by atoms with Gasteiger partial charge in [-0.3, -0.25) is 4.79 Å². The van der Waals surface area contributed by atoms with Crippen molar-refractivity contribution < 1.29 is 4.79 Å². The summed E-state index contributed by atoms with van der Waals surface area (Å²) in [5.41, 5.74) is 0. The average Bonchev–Trinajstić information content (AvgIpc) is 2.62. The molecule has 3 nitrogen and oxygen atoms in total. The first-order valence-corrected chi connectivity index (χ1v) is 11.7. The smallest absolute Gasteiger partial charge is 0.232 e. The largest absolute Gasteiger partial charge is 0.345 e. The van der Waals surface area contributed by atoms with E-state index in [-0.39, 0.29) is 5.91 Å². The maximum atomic E-state index is 12.4. The molecule has 0 bridgehead atoms. The van der Waals surface area contributed by atoms with E-state index in [2.05, 4.69) is 25.1 Å². The van der Waals surface area contributed by atoms with Gasteiger partial charge in [0.1, 0.15) is 0 Å². The second kappa shape index (κ2) is 11.5. The number of hydrogen-bond donors (Lipinski definition) is 0. The minimum Gasteiger partial charge on any atom is -0.345 e. The predicted octanol–water partition coefficient (Wildman–Crippen LogP) is 4.89. The Morgan fingerprint density at radius 3 is 2.50 bits per heavy atom. The third-order valence-corrected chi connectivity index (χ3v) is 8.20. The second-order valence-electron chi connectivity index (χ2n) is 7.19. The molecule has 0 aromatic heterocycles. The molecule has 0 radical (unpaired) electrons. The zero-order valence-electron chi connectivity index (χ0n) is 16.1. The Hall–Kier alpha value is -0.360. The third kappa shape index (κ3) is 7.34. The zero-order valence-corrected chi connectivity index (χ0v) is 18.5. The first-order valence-electron chi connectivity index (χ1n) is 9.39. The molecule has 2 atom stereocenters. The fourth-order valence-electron chi connectivity index (χ4n) is 3.13. The number of thioether (sulfide) groups is 2. The molecular formula is C20H31ClN2OS2. The topological polar surface area (TPSA) is 23.6 Å². The summed E-state index contributed by atoms with van der Waals surface area (Å²) in [6.45, 7) is 1.85. The molecule has 1 aliphatic carbocycles. The van der Waals surface area contributed by atoms with Crippen LogP contribution in [-0.4, -0.2) is 66.2 Å². The van der Waals surface area contributed by atoms with Crippen molar-refractivity contribution in [2.24, 2.45) is 0 Å². The summed E-state index contributed by atoms with van der Waals surface area (Å²) < 4.78 is 0. The molecule has 1 fully saturated rings. The monoisotopic (exact) mass is 414 g/mol. The van der Waals surface area contributed by atoms with Crippen molar-refractivity contribution in [2.45, 2.75) is 47.5 Å². The van der Waals surface area contributed by atoms with Gasteiger partial charge in [0, 0.05) is 29.0 Å². The lowest BCUT2D eigenvalue weighted by atomic mass is 10.00. The van der Waals surface area contributed by atoms with Crippen molar-refractivity contribution in [1.29, 1.82) is 0 Å². The van der Waals surface area contributed by atoms with Gasteiger partial charge in [-0.25, -0.2) is 0 Å². The summed E-state index contributed by atoms with van der Waals surface area (Å²) in [6.07, 6.45) is 5.97. The van der Waals surface area contributed by atoms with E-state index in [1.54, 1.807) is 0 Å². The lowest BCUT2D eigenvalue weighted by molar-refractivity contribution is -0.127. The minimum atomic E-state index is 0.251. The Kier molecular flexibility index (Phi) is 9.68. The second-order valence-corrected chi connectivity index (χ2v) is 10.1. The molecule has 1 aromatic carbocycles. The summed E-state index contributed by atoms with van der Waals surface area (Å²) in [4.78, 5) is 17.7. The van der Waals surface area contributed by atoms with E-state index in [0.29, 0.717) is 16.3 Å². The van der Waals surface area contributed by atoms with Crippen LogP contribution in [-0.2, 0) is 4.79 Å². The Balaban J connectivity index is 1.82. The van der Waals surface area contributed by atoms with Gasteiger partial charge < -0.3 is 9.80 Å². The van der Waals surface area contributed by atoms with Gasteiger partial charge in [-0.15, -0.1) is 23.5 Å². The van der Waals surface area contributed by atoms with Crippen LogP contribution in [0.1, 0.15) is 32.1 Å². The molecule has 0 spiro atoms. The van der Waals surface area contributed by atoms with Crippen LogP contribution in [0.5, 0.6) is 0 Å². The van der Waals surface area contributed by atoms with E-state index in [1.165, 1.54) is 30.6 Å². The molecule has 0 aliphatic heterocycles. The van der Waals surface area contributed by atoms with Gasteiger partial charge in [-0.1, -0.05) is 36.6 Å². The standard InChI is InChI=1S/C20H31ClN2OS2/c1-22(2)13-8-14-23(3)20(24)15-25-18-11-6-7-12-19(18)26-17-10-5-4-9-16(17)21/h4-5,9-10,18-19H,6-8,11-15H2,1-3H3. The summed E-state index contributed by atoms with van der Waals surface area (Å²) >= 11 is 10.1. The number of carbonyl (C=O) groups is 1. The van der Waals surface area contributed by atoms with Crippen molar-refractivity contribution in [3.05, 3.63) is 29.3 Å². The molecule has 1 aromatic rings. The highest BCUT2D eigenvalue weighted by atomic mass is 35.5. The molecule has 0 saturated heterocycles. The lowest BCUT2D eigenvalue weighted by Crippen LogP contribution is -2.33. The summed E-state index contributed by atoms with van der Waals surface area (Å²) in [6, 6.07) is 8.09. The van der Waals surface area contributed by atoms with Crippen LogP contribution in [0.15, 0.2) is 29.2 Å². The quantitative estimate of drug-likeness (QED) is 0.574. The number of halogens is 1. The SMILES string of the molecule is CN(C)CCCN(C)C(=O)CSC1CCCCC1Sc1ccccc1Cl. The van der Waals surface area contributed by atoms with Crippen LogP contribution in [0.2, 0.25) is 5.02 Å². The molecule has 1 saturated carbocycles. The van der Waals surface area contributed by atoms with Crippen LogP contribution in [0.25, 0.3) is 0 Å². The highest BCUT2D eigenvalue weighted by Crippen LogP contribution is 2.41. The molecule has 2 rings (SSSR count). The van der Waals surface area contributed by atoms with Crippen molar-refractivity contribution in [1.82, 2.24) is 9.80 Å². The molecule has 26 heavy (non-hydrogen) atoms. The molecule has 6 heteroatoms. The van der Waals surface area contributed by atoms with Gasteiger partial charge in [-0.2, -0.15) is 0 Å². The first kappa shape index (κ1) is 21.9. The fraction of sp³-hybridized carbons (Fsp3) is 0.650. The highest BCUT2D eigenvalue weighted by Gasteiger charge is 2.28. The number of hydrogen-bond acceptors (Lipinski definition) is 4. The van der Waals surface area contributed by atoms with Gasteiger partial charge in [-0.05, 0) is 52.0 Å². The number of nitrogens with zero attached hydrogens (tertiary/aromatic N) is 2. The van der Waals surface area contributed by atoms with Gasteiger partial charge >= 0.3 is 0 Å². The Bertz CT molecular complexity index is 570. The Labute approximate surface area is 172 Å². The van der Waals surface area contributed by atoms with E-state index >= 15 is 0 Å². The summed E-state index contributed by atoms with van der Waals surface area (Å²) in [5.74, 6) is 0.837. The maximum absolute atomic E-state index is 12.4.